The van der Waals surface area contributed by atoms with Crippen LogP contribution in [0.15, 0.2) is 83.4 Å². The number of hydrogen-bond acceptors (Lipinski definition) is 0. The van der Waals surface area contributed by atoms with Crippen molar-refractivity contribution in [1.82, 2.24) is 0 Å². The van der Waals surface area contributed by atoms with E-state index < -0.39 is 0 Å². The monoisotopic (exact) mass is 440 g/mol. The van der Waals surface area contributed by atoms with E-state index in [0.29, 0.717) is 0 Å². The summed E-state index contributed by atoms with van der Waals surface area (Å²) < 4.78 is 0. The van der Waals surface area contributed by atoms with E-state index in [2.05, 4.69) is 84.9 Å². The molecule has 0 nitrogen and oxygen atoms in total. The van der Waals surface area contributed by atoms with Crippen LogP contribution < -0.4 is 0 Å². The van der Waals surface area contributed by atoms with Crippen LogP contribution in [-0.4, -0.2) is 5.66 Å². The van der Waals surface area contributed by atoms with Gasteiger partial charge in [0, 0.05) is 5.66 Å². The van der Waals surface area contributed by atoms with Crippen molar-refractivity contribution in [3.8, 4) is 0 Å². The number of fused-ring (bicyclic) bond motifs is 5. The lowest BCUT2D eigenvalue weighted by Gasteiger charge is -2.28. The summed E-state index contributed by atoms with van der Waals surface area (Å²) in [7, 11) is 0.961. The van der Waals surface area contributed by atoms with Crippen molar-refractivity contribution in [3.05, 3.63) is 117 Å². The Kier molecular flexibility index (Phi) is 4.19. The van der Waals surface area contributed by atoms with Gasteiger partial charge in [-0.1, -0.05) is 87.1 Å². The zero-order valence-electron chi connectivity index (χ0n) is 16.8. The molecule has 0 aromatic heterocycles. The van der Waals surface area contributed by atoms with Crippen LogP contribution in [0.3, 0.4) is 0 Å². The maximum Gasteiger partial charge on any atom is 0.0198 e. The highest BCUT2D eigenvalue weighted by molar-refractivity contribution is 8.60. The fourth-order valence-electron chi connectivity index (χ4n) is 5.67. The number of rotatable bonds is 2. The summed E-state index contributed by atoms with van der Waals surface area (Å²) in [4.78, 5) is 0. The first kappa shape index (κ1) is 18.0. The van der Waals surface area contributed by atoms with E-state index in [-0.39, 0.29) is 14.9 Å². The number of hydrogen-bond donors (Lipinski definition) is 0. The van der Waals surface area contributed by atoms with Gasteiger partial charge in [0.15, 0.2) is 0 Å². The summed E-state index contributed by atoms with van der Waals surface area (Å²) in [5.41, 5.74) is 11.1. The Morgan fingerprint density at radius 2 is 1.27 bits per heavy atom. The molecule has 30 heavy (non-hydrogen) atoms. The third-order valence-electron chi connectivity index (χ3n) is 7.03. The summed E-state index contributed by atoms with van der Waals surface area (Å²) in [5.74, 6) is 0. The first-order valence-electron chi connectivity index (χ1n) is 10.9. The zero-order chi connectivity index (χ0) is 19.7. The van der Waals surface area contributed by atoms with Crippen LogP contribution in [0, 0.1) is 0 Å². The topological polar surface area (TPSA) is 0 Å². The molecule has 5 atom stereocenters. The highest BCUT2D eigenvalue weighted by atomic mass is 32.5. The predicted octanol–water partition coefficient (Wildman–Crippen LogP) is 8.33. The van der Waals surface area contributed by atoms with E-state index in [1.807, 2.05) is 0 Å². The molecule has 0 amide bonds. The molecule has 0 spiro atoms. The van der Waals surface area contributed by atoms with Gasteiger partial charge in [0.05, 0.1) is 0 Å². The average Bonchev–Trinajstić information content (AvgIpc) is 3.52. The smallest absolute Gasteiger partial charge is 0.0198 e. The van der Waals surface area contributed by atoms with E-state index in [4.69, 9.17) is 0 Å². The maximum absolute atomic E-state index is 2.59. The van der Waals surface area contributed by atoms with Gasteiger partial charge in [-0.2, -0.15) is 0 Å². The molecule has 4 aliphatic rings. The first-order chi connectivity index (χ1) is 14.8. The van der Waals surface area contributed by atoms with Crippen molar-refractivity contribution in [2.45, 2.75) is 30.6 Å². The lowest BCUT2D eigenvalue weighted by molar-refractivity contribution is 0.911. The lowest BCUT2D eigenvalue weighted by Crippen LogP contribution is -2.01. The largest absolute Gasteiger partial charge is 0.0824 e. The molecular weight excluding hydrogens is 417 g/mol. The van der Waals surface area contributed by atoms with Crippen LogP contribution in [0.4, 0.5) is 0 Å². The average molecular weight is 440 g/mol. The molecule has 0 radical (unpaired) electrons. The number of allylic oxidation sites excluding steroid dienone is 2. The van der Waals surface area contributed by atoms with Crippen LogP contribution in [0.5, 0.6) is 0 Å². The van der Waals surface area contributed by atoms with E-state index in [9.17, 15) is 0 Å². The van der Waals surface area contributed by atoms with Crippen LogP contribution in [0.1, 0.15) is 39.0 Å². The molecule has 1 heterocycles. The molecule has 0 bridgehead atoms. The third kappa shape index (κ3) is 2.71. The Labute approximate surface area is 182 Å². The molecule has 3 aliphatic carbocycles. The second-order valence-corrected chi connectivity index (χ2v) is 18.5. The lowest BCUT2D eigenvalue weighted by atomic mass is 10.1. The molecule has 1 saturated heterocycles. The van der Waals surface area contributed by atoms with E-state index in [1.54, 1.807) is 32.9 Å². The molecule has 0 saturated carbocycles. The van der Waals surface area contributed by atoms with Crippen LogP contribution in [0.2, 0.25) is 0 Å². The molecular formula is C27H23P3. The summed E-state index contributed by atoms with van der Waals surface area (Å²) in [6, 6.07) is 27.5. The van der Waals surface area contributed by atoms with Crippen molar-refractivity contribution < 1.29 is 0 Å². The Hall–Kier alpha value is -1.57. The molecule has 3 aromatic rings. The van der Waals surface area contributed by atoms with Gasteiger partial charge in [-0.3, -0.25) is 0 Å². The molecule has 0 N–H and O–H groups in total. The van der Waals surface area contributed by atoms with Gasteiger partial charge in [-0.25, -0.2) is 0 Å². The fourth-order valence-corrected chi connectivity index (χ4v) is 23.3. The second-order valence-electron chi connectivity index (χ2n) is 8.76. The van der Waals surface area contributed by atoms with Gasteiger partial charge >= 0.3 is 0 Å². The predicted molar refractivity (Wildman–Crippen MR) is 135 cm³/mol. The minimum absolute atomic E-state index is 0.0419. The summed E-state index contributed by atoms with van der Waals surface area (Å²) >= 11 is 0. The molecule has 3 heteroatoms. The highest BCUT2D eigenvalue weighted by Crippen LogP contribution is 2.99. The molecule has 1 unspecified atom stereocenters. The van der Waals surface area contributed by atoms with E-state index in [1.165, 1.54) is 30.4 Å². The van der Waals surface area contributed by atoms with Crippen LogP contribution in [0.25, 0.3) is 12.2 Å². The minimum atomic E-state index is -0.127. The van der Waals surface area contributed by atoms with Gasteiger partial charge in [-0.15, -0.1) is 0 Å². The normalized spacial score (nSPS) is 28.7. The van der Waals surface area contributed by atoms with Gasteiger partial charge < -0.3 is 0 Å². The Balaban J connectivity index is 1.32. The molecule has 1 aliphatic heterocycles. The fraction of sp³-hybridized carbons (Fsp3) is 0.185. The molecule has 1 fully saturated rings. The highest BCUT2D eigenvalue weighted by Gasteiger charge is 2.50. The maximum atomic E-state index is 2.59. The van der Waals surface area contributed by atoms with Crippen molar-refractivity contribution >= 4 is 35.3 Å². The summed E-state index contributed by atoms with van der Waals surface area (Å²) in [6.07, 6.45) is 8.88. The van der Waals surface area contributed by atoms with Gasteiger partial charge in [0.25, 0.3) is 0 Å². The summed E-state index contributed by atoms with van der Waals surface area (Å²) in [5, 5.41) is 3.57. The molecule has 146 valence electrons. The minimum Gasteiger partial charge on any atom is -0.0824 e. The molecule has 7 rings (SSSR count). The van der Waals surface area contributed by atoms with Crippen molar-refractivity contribution in [3.63, 3.8) is 0 Å². The first-order valence-corrected chi connectivity index (χ1v) is 16.2. The summed E-state index contributed by atoms with van der Waals surface area (Å²) in [6.45, 7) is 0. The van der Waals surface area contributed by atoms with Crippen molar-refractivity contribution in [1.29, 1.82) is 0 Å². The Morgan fingerprint density at radius 3 is 2.00 bits per heavy atom. The van der Waals surface area contributed by atoms with E-state index in [0.717, 1.165) is 19.6 Å². The van der Waals surface area contributed by atoms with Crippen LogP contribution >= 0.6 is 23.2 Å². The standard InChI is InChI=1S/C27H23P3/c1-2-8-19-14-23(13-18(19)7-1)29-27-25-12-6-5-11-22(25)17-26(27)28-30(29)24-15-20-9-3-4-10-21(20)16-24/h1-13,15,26-28H,14,16-17H2/t26-,27+,29-,30-/m0/s1. The quantitative estimate of drug-likeness (QED) is 0.352. The van der Waals surface area contributed by atoms with E-state index >= 15 is 0 Å². The SMILES string of the molecule is C1=C([P@@]2P[C@H]3Cc4ccccc4[C@H]3[P@]2C2=Cc3ccccc3C2)Cc2ccccc21. The third-order valence-corrected chi connectivity index (χ3v) is 20.9. The van der Waals surface area contributed by atoms with Gasteiger partial charge in [0.1, 0.15) is 0 Å². The van der Waals surface area contributed by atoms with Crippen molar-refractivity contribution in [2.24, 2.45) is 0 Å². The second kappa shape index (κ2) is 6.97. The Bertz CT molecular complexity index is 1240. The van der Waals surface area contributed by atoms with Gasteiger partial charge in [0.2, 0.25) is 0 Å². The molecule has 3 aromatic carbocycles. The van der Waals surface area contributed by atoms with Crippen molar-refractivity contribution in [2.75, 3.05) is 0 Å². The Morgan fingerprint density at radius 1 is 0.667 bits per heavy atom. The van der Waals surface area contributed by atoms with Gasteiger partial charge in [-0.05, 0) is 89.9 Å². The van der Waals surface area contributed by atoms with Crippen LogP contribution in [-0.2, 0) is 19.3 Å². The number of benzene rings is 3. The zero-order valence-corrected chi connectivity index (χ0v) is 19.5.